The zero-order chi connectivity index (χ0) is 27.4. The van der Waals surface area contributed by atoms with Crippen molar-refractivity contribution in [1.29, 1.82) is 0 Å². The number of hydrogen-bond donors (Lipinski definition) is 5. The van der Waals surface area contributed by atoms with Gasteiger partial charge in [-0.25, -0.2) is 4.79 Å². The number of nitrogens with zero attached hydrogens (tertiary/aromatic N) is 1. The Bertz CT molecular complexity index is 1500. The molecule has 0 radical (unpaired) electrons. The predicted molar refractivity (Wildman–Crippen MR) is 161 cm³/mol. The first-order valence-corrected chi connectivity index (χ1v) is 13.5. The van der Waals surface area contributed by atoms with Gasteiger partial charge in [-0.3, -0.25) is 4.98 Å². The second-order valence-corrected chi connectivity index (χ2v) is 9.44. The quantitative estimate of drug-likeness (QED) is 0.119. The lowest BCUT2D eigenvalue weighted by molar-refractivity contribution is 0.139. The Morgan fingerprint density at radius 1 is 0.825 bits per heavy atom. The van der Waals surface area contributed by atoms with Crippen LogP contribution in [-0.4, -0.2) is 35.7 Å². The number of aromatic nitrogens is 2. The van der Waals surface area contributed by atoms with Crippen LogP contribution in [-0.2, 0) is 24.3 Å². The lowest BCUT2D eigenvalue weighted by Crippen LogP contribution is -2.32. The van der Waals surface area contributed by atoms with Gasteiger partial charge >= 0.3 is 6.09 Å². The molecule has 8 heteroatoms. The molecule has 0 aliphatic heterocycles. The molecule has 0 unspecified atom stereocenters. The topological polar surface area (TPSA) is 103 Å². The molecule has 3 aromatic carbocycles. The Hall–Kier alpha value is -4.82. The first kappa shape index (κ1) is 26.8. The third-order valence-corrected chi connectivity index (χ3v) is 6.48. The van der Waals surface area contributed by atoms with Gasteiger partial charge in [0.1, 0.15) is 6.61 Å². The monoisotopic (exact) mass is 534 g/mol. The van der Waals surface area contributed by atoms with Crippen molar-refractivity contribution in [1.82, 2.24) is 20.6 Å². The van der Waals surface area contributed by atoms with E-state index in [4.69, 9.17) is 4.74 Å². The third kappa shape index (κ3) is 7.85. The van der Waals surface area contributed by atoms with Crippen molar-refractivity contribution in [2.75, 3.05) is 30.3 Å². The number of ether oxygens (including phenoxy) is 1. The van der Waals surface area contributed by atoms with Crippen LogP contribution in [0.15, 0.2) is 103 Å². The molecule has 0 atom stereocenters. The summed E-state index contributed by atoms with van der Waals surface area (Å²) >= 11 is 0. The van der Waals surface area contributed by atoms with Crippen LogP contribution in [0.3, 0.4) is 0 Å². The van der Waals surface area contributed by atoms with Gasteiger partial charge in [-0.15, -0.1) is 0 Å². The van der Waals surface area contributed by atoms with E-state index in [2.05, 4.69) is 86.0 Å². The van der Waals surface area contributed by atoms with Gasteiger partial charge in [0.25, 0.3) is 0 Å². The van der Waals surface area contributed by atoms with Gasteiger partial charge in [0, 0.05) is 66.5 Å². The number of amides is 1. The van der Waals surface area contributed by atoms with Crippen LogP contribution in [0.5, 0.6) is 0 Å². The summed E-state index contributed by atoms with van der Waals surface area (Å²) in [6, 6.07) is 30.3. The molecule has 5 aromatic rings. The van der Waals surface area contributed by atoms with Gasteiger partial charge in [-0.2, -0.15) is 0 Å². The van der Waals surface area contributed by atoms with Gasteiger partial charge in [0.15, 0.2) is 0 Å². The summed E-state index contributed by atoms with van der Waals surface area (Å²) in [6.07, 6.45) is 4.41. The molecule has 40 heavy (non-hydrogen) atoms. The van der Waals surface area contributed by atoms with Gasteiger partial charge in [-0.05, 0) is 60.0 Å². The molecule has 0 bridgehead atoms. The van der Waals surface area contributed by atoms with Crippen molar-refractivity contribution in [3.05, 3.63) is 120 Å². The average Bonchev–Trinajstić information content (AvgIpc) is 3.41. The summed E-state index contributed by atoms with van der Waals surface area (Å²) in [5.41, 5.74) is 7.42. The Morgan fingerprint density at radius 2 is 1.62 bits per heavy atom. The second kappa shape index (κ2) is 13.8. The van der Waals surface area contributed by atoms with E-state index in [1.807, 2.05) is 42.5 Å². The lowest BCUT2D eigenvalue weighted by atomic mass is 10.1. The number of alkyl carbamates (subject to hydrolysis) is 1. The zero-order valence-electron chi connectivity index (χ0n) is 22.3. The molecule has 0 fully saturated rings. The smallest absolute Gasteiger partial charge is 0.407 e. The highest BCUT2D eigenvalue weighted by Crippen LogP contribution is 2.21. The number of benzene rings is 3. The predicted octanol–water partition coefficient (Wildman–Crippen LogP) is 5.98. The number of para-hydroxylation sites is 1. The van der Waals surface area contributed by atoms with Crippen LogP contribution < -0.4 is 21.3 Å². The number of aromatic amines is 1. The minimum Gasteiger partial charge on any atom is -0.445 e. The number of carbonyl (C=O) groups is 1. The number of hydrogen-bond acceptors (Lipinski definition) is 6. The van der Waals surface area contributed by atoms with Gasteiger partial charge in [0.2, 0.25) is 0 Å². The maximum absolute atomic E-state index is 11.8. The number of rotatable bonds is 13. The largest absolute Gasteiger partial charge is 0.445 e. The highest BCUT2D eigenvalue weighted by Gasteiger charge is 2.04. The number of H-pyrrole nitrogens is 1. The fourth-order valence-electron chi connectivity index (χ4n) is 4.41. The molecular formula is C32H34N6O2. The van der Waals surface area contributed by atoms with Gasteiger partial charge in [-0.1, -0.05) is 48.5 Å². The summed E-state index contributed by atoms with van der Waals surface area (Å²) in [5, 5.41) is 14.3. The van der Waals surface area contributed by atoms with E-state index >= 15 is 0 Å². The second-order valence-electron chi connectivity index (χ2n) is 9.44. The van der Waals surface area contributed by atoms with E-state index in [0.29, 0.717) is 19.6 Å². The molecular weight excluding hydrogens is 500 g/mol. The summed E-state index contributed by atoms with van der Waals surface area (Å²) in [6.45, 7) is 2.78. The van der Waals surface area contributed by atoms with Crippen molar-refractivity contribution >= 4 is 34.1 Å². The Kier molecular flexibility index (Phi) is 9.25. The van der Waals surface area contributed by atoms with Crippen LogP contribution >= 0.6 is 0 Å². The number of carbonyl (C=O) groups excluding carboxylic acids is 1. The molecule has 1 amide bonds. The molecule has 0 aliphatic carbocycles. The normalized spacial score (nSPS) is 10.8. The molecule has 0 aliphatic rings. The Morgan fingerprint density at radius 3 is 2.50 bits per heavy atom. The first-order valence-electron chi connectivity index (χ1n) is 13.5. The highest BCUT2D eigenvalue weighted by molar-refractivity contribution is 5.83. The highest BCUT2D eigenvalue weighted by atomic mass is 16.5. The molecule has 204 valence electrons. The molecule has 5 N–H and O–H groups in total. The van der Waals surface area contributed by atoms with Crippen molar-refractivity contribution in [2.24, 2.45) is 0 Å². The van der Waals surface area contributed by atoms with Crippen LogP contribution in [0.1, 0.15) is 16.8 Å². The Labute approximate surface area is 234 Å². The molecule has 2 heterocycles. The van der Waals surface area contributed by atoms with Gasteiger partial charge < -0.3 is 31.0 Å². The first-order chi connectivity index (χ1) is 19.7. The Balaban J connectivity index is 1.000. The van der Waals surface area contributed by atoms with Crippen LogP contribution in [0, 0.1) is 0 Å². The fourth-order valence-corrected chi connectivity index (χ4v) is 4.41. The van der Waals surface area contributed by atoms with Crippen LogP contribution in [0.25, 0.3) is 10.9 Å². The summed E-state index contributed by atoms with van der Waals surface area (Å²) in [5.74, 6) is 0. The molecule has 5 rings (SSSR count). The maximum Gasteiger partial charge on any atom is 0.407 e. The number of anilines is 3. The van der Waals surface area contributed by atoms with Crippen molar-refractivity contribution in [3.63, 3.8) is 0 Å². The lowest BCUT2D eigenvalue weighted by Gasteiger charge is -2.11. The van der Waals surface area contributed by atoms with E-state index in [1.165, 1.54) is 16.5 Å². The molecule has 0 spiro atoms. The summed E-state index contributed by atoms with van der Waals surface area (Å²) in [7, 11) is 0. The number of pyridine rings is 1. The molecule has 8 nitrogen and oxygen atoms in total. The fraction of sp³-hybridized carbons (Fsp3) is 0.188. The number of fused-ring (bicyclic) bond motifs is 1. The minimum absolute atomic E-state index is 0.259. The molecule has 0 saturated heterocycles. The maximum atomic E-state index is 11.8. The van der Waals surface area contributed by atoms with E-state index in [9.17, 15) is 4.79 Å². The number of nitrogens with one attached hydrogen (secondary N) is 5. The van der Waals surface area contributed by atoms with E-state index in [0.717, 1.165) is 41.3 Å². The standard InChI is InChI=1S/C32H34N6O2/c39-32(40-23-24-6-2-1-3-7-24)36-19-18-33-22-29-20-28(15-17-35-29)38-27-12-10-26(11-13-27)34-16-14-25-21-37-31-9-5-4-8-30(25)31/h1-13,15,17,20-21,33-34,37H,14,16,18-19,22-23H2,(H,35,38)(H,36,39). The molecule has 0 saturated carbocycles. The zero-order valence-corrected chi connectivity index (χ0v) is 22.3. The summed E-state index contributed by atoms with van der Waals surface area (Å²) < 4.78 is 5.22. The SMILES string of the molecule is O=C(NCCNCc1cc(Nc2ccc(NCCc3c[nH]c4ccccc34)cc2)ccn1)OCc1ccccc1. The van der Waals surface area contributed by atoms with Crippen molar-refractivity contribution in [3.8, 4) is 0 Å². The van der Waals surface area contributed by atoms with Gasteiger partial charge in [0.05, 0.1) is 5.69 Å². The average molecular weight is 535 g/mol. The van der Waals surface area contributed by atoms with Crippen LogP contribution in [0.4, 0.5) is 21.9 Å². The van der Waals surface area contributed by atoms with Crippen molar-refractivity contribution < 1.29 is 9.53 Å². The summed E-state index contributed by atoms with van der Waals surface area (Å²) in [4.78, 5) is 19.6. The van der Waals surface area contributed by atoms with E-state index in [-0.39, 0.29) is 6.61 Å². The third-order valence-electron chi connectivity index (χ3n) is 6.48. The minimum atomic E-state index is -0.425. The van der Waals surface area contributed by atoms with Crippen LogP contribution in [0.2, 0.25) is 0 Å². The van der Waals surface area contributed by atoms with E-state index in [1.54, 1.807) is 6.20 Å². The van der Waals surface area contributed by atoms with E-state index < -0.39 is 6.09 Å². The van der Waals surface area contributed by atoms with Crippen molar-refractivity contribution in [2.45, 2.75) is 19.6 Å². The molecule has 2 aromatic heterocycles.